The maximum atomic E-state index is 13.0. The highest BCUT2D eigenvalue weighted by Gasteiger charge is 2.31. The van der Waals surface area contributed by atoms with E-state index in [9.17, 15) is 33.9 Å². The molecule has 1 aromatic rings. The van der Waals surface area contributed by atoms with Gasteiger partial charge in [-0.1, -0.05) is 30.3 Å². The summed E-state index contributed by atoms with van der Waals surface area (Å²) in [4.78, 5) is 76.3. The Morgan fingerprint density at radius 1 is 0.795 bits per heavy atom. The van der Waals surface area contributed by atoms with Gasteiger partial charge in [0.1, 0.15) is 18.1 Å². The summed E-state index contributed by atoms with van der Waals surface area (Å²) in [5.41, 5.74) is 21.9. The van der Waals surface area contributed by atoms with Gasteiger partial charge < -0.3 is 49.1 Å². The Morgan fingerprint density at radius 3 is 1.90 bits per heavy atom. The first-order valence-electron chi connectivity index (χ1n) is 11.8. The molecule has 1 rings (SSSR count). The molecule has 0 saturated carbocycles. The number of hydrogen-bond donors (Lipinski definition) is 9. The third-order valence-electron chi connectivity index (χ3n) is 5.25. The van der Waals surface area contributed by atoms with Crippen LogP contribution in [-0.2, 0) is 35.2 Å². The smallest absolute Gasteiger partial charge is 0.326 e. The van der Waals surface area contributed by atoms with E-state index in [4.69, 9.17) is 28.0 Å². The van der Waals surface area contributed by atoms with Crippen molar-refractivity contribution in [3.63, 3.8) is 0 Å². The van der Waals surface area contributed by atoms with Crippen LogP contribution in [0.25, 0.3) is 0 Å². The molecule has 4 atom stereocenters. The first-order chi connectivity index (χ1) is 18.3. The second-order valence-electron chi connectivity index (χ2n) is 8.54. The Morgan fingerprint density at radius 2 is 1.36 bits per heavy atom. The number of aliphatic carboxylic acids is 2. The molecule has 0 aliphatic heterocycles. The van der Waals surface area contributed by atoms with Crippen LogP contribution in [0.1, 0.15) is 31.2 Å². The molecule has 0 radical (unpaired) electrons. The van der Waals surface area contributed by atoms with Gasteiger partial charge in [0.05, 0.1) is 18.9 Å². The van der Waals surface area contributed by atoms with Gasteiger partial charge in [0.25, 0.3) is 0 Å². The lowest BCUT2D eigenvalue weighted by Crippen LogP contribution is -2.58. The van der Waals surface area contributed by atoms with E-state index in [2.05, 4.69) is 20.9 Å². The van der Waals surface area contributed by atoms with E-state index in [0.717, 1.165) is 0 Å². The van der Waals surface area contributed by atoms with Gasteiger partial charge in [-0.05, 0) is 18.4 Å². The molecule has 16 nitrogen and oxygen atoms in total. The molecule has 0 bridgehead atoms. The van der Waals surface area contributed by atoms with Crippen molar-refractivity contribution >= 4 is 41.5 Å². The minimum absolute atomic E-state index is 0.0647. The molecule has 13 N–H and O–H groups in total. The lowest BCUT2D eigenvalue weighted by atomic mass is 10.0. The molecule has 4 unspecified atom stereocenters. The molecule has 214 valence electrons. The monoisotopic (exact) mass is 550 g/mol. The SMILES string of the molecule is NC(=O)CC(NC(=O)C(CCCN=C(N)N)NC(=O)C(N)CC(=O)O)C(=O)NC(Cc1ccccc1)C(=O)O. The Kier molecular flexibility index (Phi) is 13.4. The zero-order valence-corrected chi connectivity index (χ0v) is 21.0. The number of benzene rings is 1. The van der Waals surface area contributed by atoms with Crippen LogP contribution in [0.5, 0.6) is 0 Å². The maximum absolute atomic E-state index is 13.0. The van der Waals surface area contributed by atoms with Crippen LogP contribution in [0, 0.1) is 0 Å². The highest BCUT2D eigenvalue weighted by Crippen LogP contribution is 2.06. The average molecular weight is 551 g/mol. The summed E-state index contributed by atoms with van der Waals surface area (Å²) < 4.78 is 0. The standard InChI is InChI=1S/C23H34N8O8/c24-13(10-18(33)34)19(35)29-14(7-4-8-28-23(26)27)20(36)30-15(11-17(25)32)21(37)31-16(22(38)39)9-12-5-2-1-3-6-12/h1-3,5-6,13-16H,4,7-11,24H2,(H2,25,32)(H,29,35)(H,30,36)(H,31,37)(H,33,34)(H,38,39)(H4,26,27,28). The number of carbonyl (C=O) groups excluding carboxylic acids is 4. The molecule has 0 fully saturated rings. The maximum Gasteiger partial charge on any atom is 0.326 e. The van der Waals surface area contributed by atoms with E-state index in [0.29, 0.717) is 5.56 Å². The third kappa shape index (κ3) is 12.9. The number of primary amides is 1. The second-order valence-corrected chi connectivity index (χ2v) is 8.54. The van der Waals surface area contributed by atoms with Crippen LogP contribution in [0.2, 0.25) is 0 Å². The van der Waals surface area contributed by atoms with Crippen LogP contribution < -0.4 is 38.9 Å². The summed E-state index contributed by atoms with van der Waals surface area (Å²) in [7, 11) is 0. The van der Waals surface area contributed by atoms with Crippen LogP contribution in [-0.4, -0.2) is 82.5 Å². The molecule has 0 heterocycles. The molecule has 0 aliphatic carbocycles. The molecule has 0 aliphatic rings. The molecular formula is C23H34N8O8. The van der Waals surface area contributed by atoms with Crippen molar-refractivity contribution in [2.75, 3.05) is 6.54 Å². The van der Waals surface area contributed by atoms with Crippen molar-refractivity contribution in [2.24, 2.45) is 27.9 Å². The summed E-state index contributed by atoms with van der Waals surface area (Å²) in [5.74, 6) is -6.76. The fourth-order valence-electron chi connectivity index (χ4n) is 3.34. The van der Waals surface area contributed by atoms with Crippen LogP contribution in [0.4, 0.5) is 0 Å². The predicted molar refractivity (Wildman–Crippen MR) is 138 cm³/mol. The molecule has 4 amide bonds. The van der Waals surface area contributed by atoms with Crippen molar-refractivity contribution in [3.05, 3.63) is 35.9 Å². The Labute approximate surface area is 223 Å². The number of nitrogens with zero attached hydrogens (tertiary/aromatic N) is 1. The Bertz CT molecular complexity index is 1060. The number of nitrogens with one attached hydrogen (secondary N) is 3. The molecule has 0 aromatic heterocycles. The molecule has 16 heteroatoms. The largest absolute Gasteiger partial charge is 0.481 e. The average Bonchev–Trinajstić information content (AvgIpc) is 2.84. The van der Waals surface area contributed by atoms with Crippen molar-refractivity contribution < 1.29 is 39.0 Å². The normalized spacial score (nSPS) is 13.6. The number of amides is 4. The van der Waals surface area contributed by atoms with Gasteiger partial charge in [-0.3, -0.25) is 29.0 Å². The van der Waals surface area contributed by atoms with Gasteiger partial charge >= 0.3 is 11.9 Å². The van der Waals surface area contributed by atoms with Crippen LogP contribution in [0.15, 0.2) is 35.3 Å². The Hall–Kier alpha value is -4.73. The highest BCUT2D eigenvalue weighted by molar-refractivity contribution is 5.96. The van der Waals surface area contributed by atoms with Gasteiger partial charge in [-0.25, -0.2) is 4.79 Å². The van der Waals surface area contributed by atoms with Crippen molar-refractivity contribution in [1.29, 1.82) is 0 Å². The van der Waals surface area contributed by atoms with E-state index in [-0.39, 0.29) is 31.8 Å². The first-order valence-corrected chi connectivity index (χ1v) is 11.8. The summed E-state index contributed by atoms with van der Waals surface area (Å²) in [6.07, 6.45) is -1.36. The molecule has 0 saturated heterocycles. The summed E-state index contributed by atoms with van der Waals surface area (Å²) in [6, 6.07) is 2.65. The fourth-order valence-corrected chi connectivity index (χ4v) is 3.34. The van der Waals surface area contributed by atoms with Crippen molar-refractivity contribution in [3.8, 4) is 0 Å². The van der Waals surface area contributed by atoms with E-state index in [1.165, 1.54) is 0 Å². The van der Waals surface area contributed by atoms with E-state index >= 15 is 0 Å². The van der Waals surface area contributed by atoms with Gasteiger partial charge in [0.2, 0.25) is 23.6 Å². The summed E-state index contributed by atoms with van der Waals surface area (Å²) in [5, 5.41) is 25.3. The molecular weight excluding hydrogens is 516 g/mol. The lowest BCUT2D eigenvalue weighted by molar-refractivity contribution is -0.142. The molecule has 0 spiro atoms. The minimum atomic E-state index is -1.59. The van der Waals surface area contributed by atoms with E-state index in [1.807, 2.05) is 0 Å². The second kappa shape index (κ2) is 16.2. The van der Waals surface area contributed by atoms with E-state index in [1.54, 1.807) is 30.3 Å². The van der Waals surface area contributed by atoms with Crippen molar-refractivity contribution in [1.82, 2.24) is 16.0 Å². The number of nitrogens with two attached hydrogens (primary N) is 4. The van der Waals surface area contributed by atoms with Crippen LogP contribution in [0.3, 0.4) is 0 Å². The Balaban J connectivity index is 3.06. The zero-order chi connectivity index (χ0) is 29.5. The molecule has 39 heavy (non-hydrogen) atoms. The lowest BCUT2D eigenvalue weighted by Gasteiger charge is -2.24. The quantitative estimate of drug-likeness (QED) is 0.0520. The van der Waals surface area contributed by atoms with Gasteiger partial charge in [-0.2, -0.15) is 0 Å². The van der Waals surface area contributed by atoms with Gasteiger partial charge in [0.15, 0.2) is 5.96 Å². The number of hydrogen-bond acceptors (Lipinski definition) is 8. The zero-order valence-electron chi connectivity index (χ0n) is 21.0. The highest BCUT2D eigenvalue weighted by atomic mass is 16.4. The number of guanidine groups is 1. The number of carboxylic acids is 2. The third-order valence-corrected chi connectivity index (χ3v) is 5.25. The van der Waals surface area contributed by atoms with Gasteiger partial charge in [-0.15, -0.1) is 0 Å². The minimum Gasteiger partial charge on any atom is -0.481 e. The van der Waals surface area contributed by atoms with E-state index < -0.39 is 72.6 Å². The number of rotatable bonds is 17. The topological polar surface area (TPSA) is 295 Å². The fraction of sp³-hybridized carbons (Fsp3) is 0.435. The number of carbonyl (C=O) groups is 6. The van der Waals surface area contributed by atoms with Gasteiger partial charge in [0, 0.05) is 13.0 Å². The molecule has 1 aromatic carbocycles. The van der Waals surface area contributed by atoms with Crippen molar-refractivity contribution in [2.45, 2.75) is 56.3 Å². The summed E-state index contributed by atoms with van der Waals surface area (Å²) >= 11 is 0. The van der Waals surface area contributed by atoms with Crippen LogP contribution >= 0.6 is 0 Å². The first kappa shape index (κ1) is 32.3. The summed E-state index contributed by atoms with van der Waals surface area (Å²) in [6.45, 7) is 0.0775. The predicted octanol–water partition coefficient (Wildman–Crippen LogP) is -3.50. The number of carboxylic acid groups (broad SMARTS) is 2. The number of aliphatic imine (C=N–C) groups is 1.